The van der Waals surface area contributed by atoms with Gasteiger partial charge in [-0.2, -0.15) is 9.97 Å². The van der Waals surface area contributed by atoms with Gasteiger partial charge in [-0.25, -0.2) is 9.97 Å². The molecule has 0 bridgehead atoms. The predicted molar refractivity (Wildman–Crippen MR) is 142 cm³/mol. The van der Waals surface area contributed by atoms with E-state index in [4.69, 9.17) is 39.0 Å². The monoisotopic (exact) mass is 688 g/mol. The maximum Gasteiger partial charge on any atom is 0.280 e. The molecule has 46 heavy (non-hydrogen) atoms. The number of aromatic amines is 2. The summed E-state index contributed by atoms with van der Waals surface area (Å²) >= 11 is 0. The number of nitrogens with zero attached hydrogens (tertiary/aromatic N) is 6. The second-order valence-electron chi connectivity index (χ2n) is 10.3. The Morgan fingerprint density at radius 3 is 1.57 bits per heavy atom. The Kier molecular flexibility index (Phi) is 7.39. The van der Waals surface area contributed by atoms with E-state index in [-0.39, 0.29) is 34.2 Å². The van der Waals surface area contributed by atoms with Crippen molar-refractivity contribution in [2.75, 3.05) is 24.7 Å². The summed E-state index contributed by atoms with van der Waals surface area (Å²) < 4.78 is 59.6. The Hall–Kier alpha value is -3.64. The van der Waals surface area contributed by atoms with Crippen molar-refractivity contribution < 1.29 is 56.7 Å². The molecule has 24 nitrogen and oxygen atoms in total. The number of hydrogen-bond acceptors (Lipinski definition) is 20. The minimum atomic E-state index is -5.36. The van der Waals surface area contributed by atoms with Crippen LogP contribution in [0.5, 0.6) is 0 Å². The molecule has 8 N–H and O–H groups in total. The van der Waals surface area contributed by atoms with Crippen LogP contribution in [-0.2, 0) is 36.7 Å². The number of nitrogens with two attached hydrogens (primary N) is 2. The second-order valence-corrected chi connectivity index (χ2v) is 13.0. The van der Waals surface area contributed by atoms with Crippen LogP contribution in [0.2, 0.25) is 0 Å². The lowest BCUT2D eigenvalue weighted by Gasteiger charge is -2.34. The third kappa shape index (κ3) is 5.33. The summed E-state index contributed by atoms with van der Waals surface area (Å²) in [6.45, 7) is -1.92. The smallest absolute Gasteiger partial charge is 0.280 e. The van der Waals surface area contributed by atoms with Crippen LogP contribution < -0.4 is 32.4 Å². The molecule has 7 unspecified atom stereocenters. The minimum Gasteiger partial charge on any atom is -0.756 e. The first kappa shape index (κ1) is 31.0. The largest absolute Gasteiger partial charge is 0.756 e. The second kappa shape index (κ2) is 11.0. The molecule has 0 spiro atoms. The Labute approximate surface area is 253 Å². The van der Waals surface area contributed by atoms with Gasteiger partial charge in [0, 0.05) is 0 Å². The number of phosphoric acid groups is 2. The van der Waals surface area contributed by atoms with Gasteiger partial charge in [-0.1, -0.05) is 0 Å². The number of phosphoric ester groups is 2. The number of aliphatic hydroxyl groups is 2. The fourth-order valence-electron chi connectivity index (χ4n) is 5.37. The van der Waals surface area contributed by atoms with Crippen LogP contribution in [0, 0.1) is 0 Å². The number of nitrogen functional groups attached to an aromatic ring is 2. The van der Waals surface area contributed by atoms with Gasteiger partial charge in [0.1, 0.15) is 36.6 Å². The highest BCUT2D eigenvalue weighted by molar-refractivity contribution is 7.46. The molecule has 4 aromatic heterocycles. The lowest BCUT2D eigenvalue weighted by atomic mass is 10.1. The van der Waals surface area contributed by atoms with Crippen molar-refractivity contribution in [3.05, 3.63) is 33.4 Å². The van der Waals surface area contributed by atoms with Gasteiger partial charge in [0.05, 0.1) is 25.9 Å². The van der Waals surface area contributed by atoms with Crippen LogP contribution in [0.3, 0.4) is 0 Å². The van der Waals surface area contributed by atoms with E-state index in [1.807, 2.05) is 0 Å². The first-order valence-corrected chi connectivity index (χ1v) is 16.0. The first-order valence-electron chi connectivity index (χ1n) is 13.1. The maximum atomic E-state index is 13.0. The van der Waals surface area contributed by atoms with Gasteiger partial charge >= 0.3 is 0 Å². The van der Waals surface area contributed by atoms with Gasteiger partial charge in [-0.05, 0) is 0 Å². The van der Waals surface area contributed by atoms with E-state index in [2.05, 4.69) is 29.9 Å². The zero-order valence-electron chi connectivity index (χ0n) is 22.7. The van der Waals surface area contributed by atoms with Crippen LogP contribution in [0.1, 0.15) is 12.5 Å². The fraction of sp³-hybridized carbons (Fsp3) is 0.500. The van der Waals surface area contributed by atoms with Gasteiger partial charge < -0.3 is 59.0 Å². The standard InChI is InChI=1S/C20H24N10O14P2/c21-19-25-13-7(15(33)27-19)23-3-29(13)17-9(31)11-5(41-17)1-39-45(35,36)44-12-6(2-40-46(37,38)43-11)42-18(10(12)32)30-4-24-8-14(30)26-20(22)28-16(8)34/h3-6,9-12,17-18,31-32H,1-2H2,(H,35,36)(H,37,38)(H3,21,25,27,33)(H3,22,26,28,34)/p-2/t5-,6-,9?,10?,11?,12?,17-,18?/m1/s1. The van der Waals surface area contributed by atoms with E-state index in [0.29, 0.717) is 0 Å². The summed E-state index contributed by atoms with van der Waals surface area (Å²) in [4.78, 5) is 70.5. The van der Waals surface area contributed by atoms with Crippen LogP contribution in [-0.4, -0.2) is 99.1 Å². The van der Waals surface area contributed by atoms with Gasteiger partial charge in [-0.3, -0.25) is 37.8 Å². The molecule has 7 rings (SSSR count). The van der Waals surface area contributed by atoms with Crippen molar-refractivity contribution in [3.8, 4) is 0 Å². The summed E-state index contributed by atoms with van der Waals surface area (Å²) in [6.07, 6.45) is -11.5. The molecule has 248 valence electrons. The predicted octanol–water partition coefficient (Wildman–Crippen LogP) is -4.31. The minimum absolute atomic E-state index is 0.149. The molecule has 4 aromatic rings. The molecule has 3 saturated heterocycles. The molecule has 0 aromatic carbocycles. The maximum absolute atomic E-state index is 13.0. The van der Waals surface area contributed by atoms with Crippen molar-refractivity contribution >= 4 is 49.9 Å². The molecular weight excluding hydrogens is 666 g/mol. The third-order valence-corrected chi connectivity index (χ3v) is 9.30. The molecule has 10 atom stereocenters. The number of anilines is 2. The van der Waals surface area contributed by atoms with E-state index in [0.717, 1.165) is 21.8 Å². The third-order valence-electron chi connectivity index (χ3n) is 7.36. The number of nitrogens with one attached hydrogen (secondary N) is 2. The van der Waals surface area contributed by atoms with Crippen molar-refractivity contribution in [1.29, 1.82) is 0 Å². The summed E-state index contributed by atoms with van der Waals surface area (Å²) in [6, 6.07) is 0. The van der Waals surface area contributed by atoms with E-state index in [1.165, 1.54) is 0 Å². The highest BCUT2D eigenvalue weighted by Crippen LogP contribution is 2.50. The number of imidazole rings is 2. The molecule has 3 fully saturated rings. The number of ether oxygens (including phenoxy) is 2. The Morgan fingerprint density at radius 2 is 1.17 bits per heavy atom. The molecule has 3 aliphatic rings. The van der Waals surface area contributed by atoms with Crippen molar-refractivity contribution in [3.63, 3.8) is 0 Å². The van der Waals surface area contributed by atoms with Crippen LogP contribution in [0.4, 0.5) is 11.9 Å². The highest BCUT2D eigenvalue weighted by atomic mass is 31.2. The number of H-pyrrole nitrogens is 2. The number of aromatic nitrogens is 8. The molecule has 26 heteroatoms. The summed E-state index contributed by atoms with van der Waals surface area (Å²) in [5, 5.41) is 22.1. The van der Waals surface area contributed by atoms with Gasteiger partial charge in [0.15, 0.2) is 34.8 Å². The number of fused-ring (bicyclic) bond motifs is 4. The van der Waals surface area contributed by atoms with E-state index >= 15 is 0 Å². The molecule has 0 aliphatic carbocycles. The first-order chi connectivity index (χ1) is 21.7. The fourth-order valence-corrected chi connectivity index (χ4v) is 7.27. The average molecular weight is 688 g/mol. The Bertz CT molecular complexity index is 1900. The zero-order valence-corrected chi connectivity index (χ0v) is 24.5. The quantitative estimate of drug-likeness (QED) is 0.108. The van der Waals surface area contributed by atoms with E-state index in [1.54, 1.807) is 0 Å². The summed E-state index contributed by atoms with van der Waals surface area (Å²) in [5.41, 5.74) is 9.11. The number of hydrogen-bond donors (Lipinski definition) is 6. The van der Waals surface area contributed by atoms with Crippen molar-refractivity contribution in [1.82, 2.24) is 39.0 Å². The van der Waals surface area contributed by atoms with E-state index < -0.39 is 89.1 Å². The zero-order chi connectivity index (χ0) is 32.7. The van der Waals surface area contributed by atoms with Crippen molar-refractivity contribution in [2.24, 2.45) is 0 Å². The molecule has 0 radical (unpaired) electrons. The summed E-state index contributed by atoms with van der Waals surface area (Å²) in [7, 11) is -10.7. The van der Waals surface area contributed by atoms with Gasteiger partial charge in [-0.15, -0.1) is 0 Å². The van der Waals surface area contributed by atoms with E-state index in [9.17, 15) is 38.7 Å². The topological polar surface area (TPSA) is 355 Å². The molecule has 0 amide bonds. The normalized spacial score (nSPS) is 37.1. The Balaban J connectivity index is 1.18. The average Bonchev–Trinajstić information content (AvgIpc) is 3.72. The van der Waals surface area contributed by atoms with Crippen molar-refractivity contribution in [2.45, 2.75) is 49.1 Å². The number of rotatable bonds is 2. The molecule has 3 aliphatic heterocycles. The lowest BCUT2D eigenvalue weighted by molar-refractivity contribution is -0.244. The van der Waals surface area contributed by atoms with Crippen LogP contribution in [0.15, 0.2) is 22.2 Å². The lowest BCUT2D eigenvalue weighted by Crippen LogP contribution is -2.41. The van der Waals surface area contributed by atoms with Gasteiger partial charge in [0.25, 0.3) is 26.8 Å². The highest BCUT2D eigenvalue weighted by Gasteiger charge is 2.51. The van der Waals surface area contributed by atoms with Crippen LogP contribution in [0.25, 0.3) is 22.3 Å². The molecule has 0 saturated carbocycles. The molecule has 7 heterocycles. The SMILES string of the molecule is Nc1nc2c(ncn2C2O[C@@H]3COP(=O)([O-])OC4C(O)[C@H](n5cnc6c(=O)[nH]c(N)nc65)O[C@@H]4COP(=O)([O-])OC3C2O)c(=O)[nH]1. The molecular formula is C20H22N10O14P2-2. The number of aliphatic hydroxyl groups excluding tert-OH is 2. The summed E-state index contributed by atoms with van der Waals surface area (Å²) in [5.74, 6) is -0.598. The van der Waals surface area contributed by atoms with Crippen LogP contribution >= 0.6 is 15.6 Å². The van der Waals surface area contributed by atoms with Gasteiger partial charge in [0.2, 0.25) is 11.9 Å². The Morgan fingerprint density at radius 1 is 0.783 bits per heavy atom.